The molecule has 0 saturated carbocycles. The second kappa shape index (κ2) is 4.54. The van der Waals surface area contributed by atoms with Gasteiger partial charge in [-0.3, -0.25) is 10.1 Å². The summed E-state index contributed by atoms with van der Waals surface area (Å²) in [5.41, 5.74) is 3.72. The van der Waals surface area contributed by atoms with Crippen LogP contribution in [0.1, 0.15) is 17.2 Å². The SMILES string of the molecule is C=CC(N)c1cc([N+](=O)[O-])cc(C(F)(F)F)c1. The van der Waals surface area contributed by atoms with Gasteiger partial charge in [0.15, 0.2) is 0 Å². The van der Waals surface area contributed by atoms with Crippen LogP contribution in [0.2, 0.25) is 0 Å². The minimum absolute atomic E-state index is 0.00141. The largest absolute Gasteiger partial charge is 0.416 e. The molecular formula is C10H9F3N2O2. The fourth-order valence-corrected chi connectivity index (χ4v) is 1.23. The third-order valence-electron chi connectivity index (χ3n) is 2.12. The summed E-state index contributed by atoms with van der Waals surface area (Å²) in [7, 11) is 0. The molecule has 17 heavy (non-hydrogen) atoms. The number of nitro benzene ring substituents is 1. The van der Waals surface area contributed by atoms with Gasteiger partial charge >= 0.3 is 6.18 Å². The molecule has 0 heterocycles. The topological polar surface area (TPSA) is 69.2 Å². The van der Waals surface area contributed by atoms with Crippen LogP contribution in [0.25, 0.3) is 0 Å². The van der Waals surface area contributed by atoms with Crippen molar-refractivity contribution in [2.24, 2.45) is 5.73 Å². The molecule has 1 rings (SSSR count). The molecule has 0 radical (unpaired) electrons. The number of non-ortho nitro benzene ring substituents is 1. The van der Waals surface area contributed by atoms with Crippen LogP contribution in [-0.2, 0) is 6.18 Å². The number of nitro groups is 1. The molecule has 2 N–H and O–H groups in total. The lowest BCUT2D eigenvalue weighted by Gasteiger charge is -2.11. The second-order valence-corrected chi connectivity index (χ2v) is 3.33. The van der Waals surface area contributed by atoms with Crippen molar-refractivity contribution in [1.29, 1.82) is 0 Å². The monoisotopic (exact) mass is 246 g/mol. The lowest BCUT2D eigenvalue weighted by atomic mass is 10.0. The van der Waals surface area contributed by atoms with Crippen LogP contribution in [0.3, 0.4) is 0 Å². The van der Waals surface area contributed by atoms with E-state index in [4.69, 9.17) is 5.73 Å². The molecule has 0 spiro atoms. The molecule has 92 valence electrons. The first-order valence-electron chi connectivity index (χ1n) is 4.50. The Kier molecular flexibility index (Phi) is 3.52. The molecule has 1 unspecified atom stereocenters. The van der Waals surface area contributed by atoms with Crippen LogP contribution < -0.4 is 5.73 Å². The van der Waals surface area contributed by atoms with Crippen LogP contribution in [0.4, 0.5) is 18.9 Å². The van der Waals surface area contributed by atoms with Crippen molar-refractivity contribution in [2.45, 2.75) is 12.2 Å². The number of rotatable bonds is 3. The highest BCUT2D eigenvalue weighted by Crippen LogP contribution is 2.33. The zero-order valence-electron chi connectivity index (χ0n) is 8.57. The van der Waals surface area contributed by atoms with Crippen LogP contribution in [0, 0.1) is 10.1 Å². The lowest BCUT2D eigenvalue weighted by Crippen LogP contribution is -2.11. The van der Waals surface area contributed by atoms with E-state index >= 15 is 0 Å². The van der Waals surface area contributed by atoms with Crippen LogP contribution in [0.15, 0.2) is 30.9 Å². The van der Waals surface area contributed by atoms with Crippen molar-refractivity contribution in [1.82, 2.24) is 0 Å². The van der Waals surface area contributed by atoms with Gasteiger partial charge in [0.25, 0.3) is 5.69 Å². The Morgan fingerprint density at radius 3 is 2.41 bits per heavy atom. The van der Waals surface area contributed by atoms with Gasteiger partial charge in [-0.05, 0) is 11.6 Å². The number of halogens is 3. The molecule has 4 nitrogen and oxygen atoms in total. The molecule has 0 fully saturated rings. The molecular weight excluding hydrogens is 237 g/mol. The van der Waals surface area contributed by atoms with E-state index in [9.17, 15) is 23.3 Å². The summed E-state index contributed by atoms with van der Waals surface area (Å²) in [6.45, 7) is 3.33. The van der Waals surface area contributed by atoms with Crippen molar-refractivity contribution < 1.29 is 18.1 Å². The maximum Gasteiger partial charge on any atom is 0.416 e. The number of hydrogen-bond donors (Lipinski definition) is 1. The number of alkyl halides is 3. The van der Waals surface area contributed by atoms with E-state index in [0.717, 1.165) is 12.1 Å². The highest BCUT2D eigenvalue weighted by atomic mass is 19.4. The van der Waals surface area contributed by atoms with Gasteiger partial charge in [0.05, 0.1) is 10.5 Å². The number of benzene rings is 1. The standard InChI is InChI=1S/C10H9F3N2O2/c1-2-9(14)6-3-7(10(11,12)13)5-8(4-6)15(16)17/h2-5,9H,1,14H2. The van der Waals surface area contributed by atoms with Gasteiger partial charge in [-0.1, -0.05) is 6.08 Å². The zero-order valence-corrected chi connectivity index (χ0v) is 8.57. The van der Waals surface area contributed by atoms with E-state index in [1.165, 1.54) is 6.08 Å². The van der Waals surface area contributed by atoms with Gasteiger partial charge in [0, 0.05) is 18.2 Å². The maximum absolute atomic E-state index is 12.5. The van der Waals surface area contributed by atoms with E-state index < -0.39 is 28.4 Å². The molecule has 0 aliphatic heterocycles. The average molecular weight is 246 g/mol. The summed E-state index contributed by atoms with van der Waals surface area (Å²) in [5, 5.41) is 10.5. The second-order valence-electron chi connectivity index (χ2n) is 3.33. The molecule has 0 aliphatic carbocycles. The van der Waals surface area contributed by atoms with E-state index in [-0.39, 0.29) is 5.56 Å². The number of nitrogens with two attached hydrogens (primary N) is 1. The highest BCUT2D eigenvalue weighted by molar-refractivity contribution is 5.42. The Balaban J connectivity index is 3.38. The predicted octanol–water partition coefficient (Wildman–Crippen LogP) is 2.80. The molecule has 0 aromatic heterocycles. The van der Waals surface area contributed by atoms with Crippen molar-refractivity contribution in [3.05, 3.63) is 52.1 Å². The molecule has 1 atom stereocenters. The molecule has 1 aromatic carbocycles. The van der Waals surface area contributed by atoms with E-state index in [0.29, 0.717) is 6.07 Å². The summed E-state index contributed by atoms with van der Waals surface area (Å²) < 4.78 is 37.5. The normalized spacial score (nSPS) is 13.2. The Bertz CT molecular complexity index is 457. The van der Waals surface area contributed by atoms with E-state index in [1.807, 2.05) is 0 Å². The number of hydrogen-bond acceptors (Lipinski definition) is 3. The Labute approximate surface area is 94.7 Å². The molecule has 1 aromatic rings. The predicted molar refractivity (Wildman–Crippen MR) is 55.2 cm³/mol. The minimum atomic E-state index is -4.65. The van der Waals surface area contributed by atoms with Gasteiger partial charge in [0.1, 0.15) is 0 Å². The van der Waals surface area contributed by atoms with Gasteiger partial charge in [0.2, 0.25) is 0 Å². The Hall–Kier alpha value is -1.89. The first-order chi connectivity index (χ1) is 7.75. The summed E-state index contributed by atoms with van der Waals surface area (Å²) in [6.07, 6.45) is -3.44. The third kappa shape index (κ3) is 3.04. The molecule has 0 bridgehead atoms. The van der Waals surface area contributed by atoms with E-state index in [1.54, 1.807) is 0 Å². The Morgan fingerprint density at radius 2 is 2.00 bits per heavy atom. The average Bonchev–Trinajstić information content (AvgIpc) is 2.26. The molecule has 0 aliphatic rings. The maximum atomic E-state index is 12.5. The molecule has 7 heteroatoms. The van der Waals surface area contributed by atoms with Crippen molar-refractivity contribution in [3.8, 4) is 0 Å². The quantitative estimate of drug-likeness (QED) is 0.506. The summed E-state index contributed by atoms with van der Waals surface area (Å²) in [6, 6.07) is 1.37. The molecule has 0 amide bonds. The first kappa shape index (κ1) is 13.2. The van der Waals surface area contributed by atoms with Crippen molar-refractivity contribution in [3.63, 3.8) is 0 Å². The smallest absolute Gasteiger partial charge is 0.321 e. The van der Waals surface area contributed by atoms with Gasteiger partial charge in [-0.2, -0.15) is 13.2 Å². The van der Waals surface area contributed by atoms with Crippen LogP contribution in [-0.4, -0.2) is 4.92 Å². The first-order valence-corrected chi connectivity index (χ1v) is 4.50. The highest BCUT2D eigenvalue weighted by Gasteiger charge is 2.33. The van der Waals surface area contributed by atoms with Crippen molar-refractivity contribution in [2.75, 3.05) is 0 Å². The summed E-state index contributed by atoms with van der Waals surface area (Å²) in [4.78, 5) is 9.62. The van der Waals surface area contributed by atoms with Crippen molar-refractivity contribution >= 4 is 5.69 Å². The van der Waals surface area contributed by atoms with E-state index in [2.05, 4.69) is 6.58 Å². The summed E-state index contributed by atoms with van der Waals surface area (Å²) >= 11 is 0. The lowest BCUT2D eigenvalue weighted by molar-refractivity contribution is -0.385. The fraction of sp³-hybridized carbons (Fsp3) is 0.200. The van der Waals surface area contributed by atoms with Gasteiger partial charge < -0.3 is 5.73 Å². The zero-order chi connectivity index (χ0) is 13.2. The summed E-state index contributed by atoms with van der Waals surface area (Å²) in [5.74, 6) is 0. The van der Waals surface area contributed by atoms with Gasteiger partial charge in [-0.25, -0.2) is 0 Å². The van der Waals surface area contributed by atoms with Crippen LogP contribution >= 0.6 is 0 Å². The van der Waals surface area contributed by atoms with Crippen LogP contribution in [0.5, 0.6) is 0 Å². The number of nitrogens with zero attached hydrogens (tertiary/aromatic N) is 1. The molecule has 0 saturated heterocycles. The fourth-order valence-electron chi connectivity index (χ4n) is 1.23. The third-order valence-corrected chi connectivity index (χ3v) is 2.12. The minimum Gasteiger partial charge on any atom is -0.321 e. The Morgan fingerprint density at radius 1 is 1.41 bits per heavy atom. The van der Waals surface area contributed by atoms with Gasteiger partial charge in [-0.15, -0.1) is 6.58 Å².